The van der Waals surface area contributed by atoms with Gasteiger partial charge < -0.3 is 10.5 Å². The highest BCUT2D eigenvalue weighted by Crippen LogP contribution is 2.08. The standard InChI is InChI=1S/C15H26N2O/c1-14(13-18-2)11-17(10-6-9-16)12-15-7-4-3-5-8-15/h3-5,7-8,14H,6,9-13,16H2,1-2H3. The molecule has 0 spiro atoms. The van der Waals surface area contributed by atoms with E-state index in [-0.39, 0.29) is 0 Å². The fourth-order valence-corrected chi connectivity index (χ4v) is 2.17. The Morgan fingerprint density at radius 2 is 2.00 bits per heavy atom. The van der Waals surface area contributed by atoms with Crippen molar-refractivity contribution in [2.45, 2.75) is 19.9 Å². The van der Waals surface area contributed by atoms with Crippen molar-refractivity contribution in [2.24, 2.45) is 11.7 Å². The van der Waals surface area contributed by atoms with E-state index in [4.69, 9.17) is 10.5 Å². The van der Waals surface area contributed by atoms with Crippen LogP contribution in [-0.4, -0.2) is 38.3 Å². The summed E-state index contributed by atoms with van der Waals surface area (Å²) >= 11 is 0. The molecule has 1 atom stereocenters. The van der Waals surface area contributed by atoms with Gasteiger partial charge in [-0.2, -0.15) is 0 Å². The number of nitrogens with two attached hydrogens (primary N) is 1. The molecule has 0 aliphatic heterocycles. The third-order valence-corrected chi connectivity index (χ3v) is 2.95. The predicted octanol–water partition coefficient (Wildman–Crippen LogP) is 2.12. The first-order valence-electron chi connectivity index (χ1n) is 6.71. The van der Waals surface area contributed by atoms with Gasteiger partial charge in [-0.15, -0.1) is 0 Å². The zero-order valence-corrected chi connectivity index (χ0v) is 11.6. The van der Waals surface area contributed by atoms with Gasteiger partial charge >= 0.3 is 0 Å². The Bertz CT molecular complexity index is 303. The van der Waals surface area contributed by atoms with E-state index >= 15 is 0 Å². The van der Waals surface area contributed by atoms with E-state index in [1.807, 2.05) is 0 Å². The van der Waals surface area contributed by atoms with E-state index in [1.54, 1.807) is 7.11 Å². The number of rotatable bonds is 9. The van der Waals surface area contributed by atoms with Crippen molar-refractivity contribution in [1.82, 2.24) is 4.90 Å². The summed E-state index contributed by atoms with van der Waals surface area (Å²) in [4.78, 5) is 2.46. The summed E-state index contributed by atoms with van der Waals surface area (Å²) in [6.07, 6.45) is 1.05. The molecule has 0 amide bonds. The van der Waals surface area contributed by atoms with E-state index in [1.165, 1.54) is 5.56 Å². The van der Waals surface area contributed by atoms with Crippen molar-refractivity contribution in [3.63, 3.8) is 0 Å². The van der Waals surface area contributed by atoms with Crippen LogP contribution in [0.5, 0.6) is 0 Å². The van der Waals surface area contributed by atoms with Crippen LogP contribution in [0.15, 0.2) is 30.3 Å². The average Bonchev–Trinajstić information content (AvgIpc) is 2.37. The topological polar surface area (TPSA) is 38.5 Å². The van der Waals surface area contributed by atoms with Gasteiger partial charge in [0.1, 0.15) is 0 Å². The normalized spacial score (nSPS) is 12.9. The van der Waals surface area contributed by atoms with Crippen LogP contribution in [0.4, 0.5) is 0 Å². The Hall–Kier alpha value is -0.900. The minimum atomic E-state index is 0.552. The Morgan fingerprint density at radius 1 is 1.28 bits per heavy atom. The molecule has 1 rings (SSSR count). The molecule has 0 aliphatic rings. The third-order valence-electron chi connectivity index (χ3n) is 2.95. The van der Waals surface area contributed by atoms with Gasteiger partial charge in [0.05, 0.1) is 0 Å². The molecule has 2 N–H and O–H groups in total. The lowest BCUT2D eigenvalue weighted by molar-refractivity contribution is 0.126. The number of methoxy groups -OCH3 is 1. The Kier molecular flexibility index (Phi) is 7.65. The first-order chi connectivity index (χ1) is 8.76. The van der Waals surface area contributed by atoms with Crippen LogP contribution in [0, 0.1) is 5.92 Å². The van der Waals surface area contributed by atoms with Gasteiger partial charge in [0.2, 0.25) is 0 Å². The second-order valence-electron chi connectivity index (χ2n) is 4.92. The maximum absolute atomic E-state index is 5.61. The van der Waals surface area contributed by atoms with E-state index in [9.17, 15) is 0 Å². The Morgan fingerprint density at radius 3 is 2.61 bits per heavy atom. The summed E-state index contributed by atoms with van der Waals surface area (Å²) in [5.41, 5.74) is 6.97. The highest BCUT2D eigenvalue weighted by Gasteiger charge is 2.10. The molecule has 0 aliphatic carbocycles. The highest BCUT2D eigenvalue weighted by molar-refractivity contribution is 5.14. The summed E-state index contributed by atoms with van der Waals surface area (Å²) in [6.45, 7) is 6.90. The molecule has 0 bridgehead atoms. The van der Waals surface area contributed by atoms with Crippen LogP contribution in [0.1, 0.15) is 18.9 Å². The van der Waals surface area contributed by atoms with Crippen LogP contribution in [0.25, 0.3) is 0 Å². The Balaban J connectivity index is 2.49. The third kappa shape index (κ3) is 6.15. The van der Waals surface area contributed by atoms with Crippen molar-refractivity contribution >= 4 is 0 Å². The fourth-order valence-electron chi connectivity index (χ4n) is 2.17. The van der Waals surface area contributed by atoms with Gasteiger partial charge in [-0.3, -0.25) is 4.90 Å². The summed E-state index contributed by atoms with van der Waals surface area (Å²) < 4.78 is 5.21. The van der Waals surface area contributed by atoms with Crippen molar-refractivity contribution in [2.75, 3.05) is 33.4 Å². The summed E-state index contributed by atoms with van der Waals surface area (Å²) in [5, 5.41) is 0. The molecule has 0 saturated carbocycles. The highest BCUT2D eigenvalue weighted by atomic mass is 16.5. The van der Waals surface area contributed by atoms with Crippen LogP contribution in [-0.2, 0) is 11.3 Å². The van der Waals surface area contributed by atoms with E-state index in [2.05, 4.69) is 42.2 Å². The van der Waals surface area contributed by atoms with Gasteiger partial charge in [-0.1, -0.05) is 37.3 Å². The summed E-state index contributed by atoms with van der Waals surface area (Å²) in [5.74, 6) is 0.552. The molecule has 1 aromatic rings. The summed E-state index contributed by atoms with van der Waals surface area (Å²) in [7, 11) is 1.76. The quantitative estimate of drug-likeness (QED) is 0.729. The lowest BCUT2D eigenvalue weighted by Crippen LogP contribution is -2.31. The van der Waals surface area contributed by atoms with Gasteiger partial charge in [-0.25, -0.2) is 0 Å². The predicted molar refractivity (Wildman–Crippen MR) is 76.4 cm³/mol. The monoisotopic (exact) mass is 250 g/mol. The maximum atomic E-state index is 5.61. The number of benzene rings is 1. The SMILES string of the molecule is COCC(C)CN(CCCN)Cc1ccccc1. The van der Waals surface area contributed by atoms with Crippen molar-refractivity contribution < 1.29 is 4.74 Å². The van der Waals surface area contributed by atoms with Gasteiger partial charge in [-0.05, 0) is 31.0 Å². The first kappa shape index (κ1) is 15.2. The van der Waals surface area contributed by atoms with Crippen molar-refractivity contribution in [1.29, 1.82) is 0 Å². The molecule has 0 saturated heterocycles. The molecule has 0 heterocycles. The minimum Gasteiger partial charge on any atom is -0.384 e. The molecule has 1 unspecified atom stereocenters. The zero-order valence-electron chi connectivity index (χ0n) is 11.6. The van der Waals surface area contributed by atoms with Gasteiger partial charge in [0.25, 0.3) is 0 Å². The maximum Gasteiger partial charge on any atom is 0.0500 e. The molecule has 3 nitrogen and oxygen atoms in total. The molecule has 0 radical (unpaired) electrons. The molecule has 18 heavy (non-hydrogen) atoms. The van der Waals surface area contributed by atoms with Crippen LogP contribution >= 0.6 is 0 Å². The lowest BCUT2D eigenvalue weighted by Gasteiger charge is -2.25. The molecule has 0 aromatic heterocycles. The van der Waals surface area contributed by atoms with Gasteiger partial charge in [0, 0.05) is 26.8 Å². The Labute approximate surface area is 111 Å². The number of ether oxygens (including phenoxy) is 1. The number of hydrogen-bond donors (Lipinski definition) is 1. The average molecular weight is 250 g/mol. The molecular formula is C15H26N2O. The van der Waals surface area contributed by atoms with Gasteiger partial charge in [0.15, 0.2) is 0 Å². The van der Waals surface area contributed by atoms with Crippen molar-refractivity contribution in [3.05, 3.63) is 35.9 Å². The molecule has 3 heteroatoms. The fraction of sp³-hybridized carbons (Fsp3) is 0.600. The van der Waals surface area contributed by atoms with Crippen LogP contribution in [0.2, 0.25) is 0 Å². The van der Waals surface area contributed by atoms with Crippen molar-refractivity contribution in [3.8, 4) is 0 Å². The number of nitrogens with zero attached hydrogens (tertiary/aromatic N) is 1. The summed E-state index contributed by atoms with van der Waals surface area (Å²) in [6, 6.07) is 10.6. The molecule has 102 valence electrons. The smallest absolute Gasteiger partial charge is 0.0500 e. The second-order valence-corrected chi connectivity index (χ2v) is 4.92. The first-order valence-corrected chi connectivity index (χ1v) is 6.71. The van der Waals surface area contributed by atoms with E-state index < -0.39 is 0 Å². The van der Waals surface area contributed by atoms with E-state index in [0.717, 1.165) is 39.2 Å². The number of hydrogen-bond acceptors (Lipinski definition) is 3. The molecular weight excluding hydrogens is 224 g/mol. The molecule has 0 fully saturated rings. The lowest BCUT2D eigenvalue weighted by atomic mass is 10.1. The minimum absolute atomic E-state index is 0.552. The van der Waals surface area contributed by atoms with Crippen LogP contribution < -0.4 is 5.73 Å². The van der Waals surface area contributed by atoms with Crippen LogP contribution in [0.3, 0.4) is 0 Å². The second kappa shape index (κ2) is 9.09. The molecule has 1 aromatic carbocycles. The zero-order chi connectivity index (χ0) is 13.2. The van der Waals surface area contributed by atoms with E-state index in [0.29, 0.717) is 5.92 Å². The largest absolute Gasteiger partial charge is 0.384 e.